The van der Waals surface area contributed by atoms with E-state index in [4.69, 9.17) is 16.3 Å². The number of nitrogens with zero attached hydrogens (tertiary/aromatic N) is 2. The van der Waals surface area contributed by atoms with Crippen molar-refractivity contribution in [3.8, 4) is 0 Å². The summed E-state index contributed by atoms with van der Waals surface area (Å²) in [6, 6.07) is 2.14. The summed E-state index contributed by atoms with van der Waals surface area (Å²) >= 11 is 6.16. The molecule has 2 rings (SSSR count). The monoisotopic (exact) mass is 242 g/mol. The maximum atomic E-state index is 6.16. The number of aromatic nitrogens is 2. The van der Waals surface area contributed by atoms with Crippen LogP contribution in [0.1, 0.15) is 24.7 Å². The molecule has 0 aromatic carbocycles. The van der Waals surface area contributed by atoms with Gasteiger partial charge < -0.3 is 4.74 Å². The molecule has 2 unspecified atom stereocenters. The Bertz CT molecular complexity index is 377. The molecule has 1 fully saturated rings. The highest BCUT2D eigenvalue weighted by atomic mass is 35.5. The molecular formula is C12H19ClN2O. The Balaban J connectivity index is 2.21. The second-order valence-corrected chi connectivity index (χ2v) is 5.10. The van der Waals surface area contributed by atoms with E-state index in [2.05, 4.69) is 18.1 Å². The van der Waals surface area contributed by atoms with Gasteiger partial charge in [-0.2, -0.15) is 5.10 Å². The van der Waals surface area contributed by atoms with Gasteiger partial charge in [-0.15, -0.1) is 11.6 Å². The van der Waals surface area contributed by atoms with Crippen LogP contribution in [-0.2, 0) is 18.2 Å². The van der Waals surface area contributed by atoms with Gasteiger partial charge >= 0.3 is 0 Å². The third-order valence-corrected chi connectivity index (χ3v) is 4.26. The van der Waals surface area contributed by atoms with Crippen LogP contribution >= 0.6 is 11.6 Å². The van der Waals surface area contributed by atoms with Gasteiger partial charge in [0.15, 0.2) is 0 Å². The molecule has 0 aliphatic carbocycles. The van der Waals surface area contributed by atoms with Crippen LogP contribution in [0.15, 0.2) is 6.07 Å². The van der Waals surface area contributed by atoms with Crippen LogP contribution in [0.2, 0.25) is 0 Å². The molecule has 0 spiro atoms. The summed E-state index contributed by atoms with van der Waals surface area (Å²) in [4.78, 5) is 0. The zero-order chi connectivity index (χ0) is 11.8. The molecule has 2 atom stereocenters. The second-order valence-electron chi connectivity index (χ2n) is 4.84. The molecule has 0 N–H and O–H groups in total. The maximum Gasteiger partial charge on any atom is 0.0619 e. The van der Waals surface area contributed by atoms with Crippen molar-refractivity contribution in [2.45, 2.75) is 32.8 Å². The molecule has 90 valence electrons. The summed E-state index contributed by atoms with van der Waals surface area (Å²) in [6.07, 6.45) is 2.23. The van der Waals surface area contributed by atoms with Gasteiger partial charge in [0, 0.05) is 30.6 Å². The van der Waals surface area contributed by atoms with Gasteiger partial charge in [0.25, 0.3) is 0 Å². The third-order valence-electron chi connectivity index (χ3n) is 3.73. The van der Waals surface area contributed by atoms with Crippen molar-refractivity contribution in [1.29, 1.82) is 0 Å². The summed E-state index contributed by atoms with van der Waals surface area (Å²) in [7, 11) is 1.99. The minimum atomic E-state index is 0.0851. The van der Waals surface area contributed by atoms with Crippen LogP contribution < -0.4 is 0 Å². The quantitative estimate of drug-likeness (QED) is 0.761. The highest BCUT2D eigenvalue weighted by Gasteiger charge is 2.41. The van der Waals surface area contributed by atoms with Crippen LogP contribution in [0.25, 0.3) is 0 Å². The van der Waals surface area contributed by atoms with E-state index in [1.165, 1.54) is 5.69 Å². The molecule has 16 heavy (non-hydrogen) atoms. The number of hydrogen-bond acceptors (Lipinski definition) is 2. The first-order valence-corrected chi connectivity index (χ1v) is 6.28. The summed E-state index contributed by atoms with van der Waals surface area (Å²) < 4.78 is 7.62. The van der Waals surface area contributed by atoms with Crippen molar-refractivity contribution >= 4 is 11.6 Å². The Kier molecular flexibility index (Phi) is 3.27. The lowest BCUT2D eigenvalue weighted by Gasteiger charge is -2.29. The van der Waals surface area contributed by atoms with E-state index < -0.39 is 0 Å². The van der Waals surface area contributed by atoms with Crippen molar-refractivity contribution < 1.29 is 4.74 Å². The first kappa shape index (κ1) is 11.9. The van der Waals surface area contributed by atoms with Gasteiger partial charge in [-0.25, -0.2) is 0 Å². The molecule has 1 aromatic rings. The Hall–Kier alpha value is -0.540. The first-order valence-electron chi connectivity index (χ1n) is 5.74. The molecule has 0 amide bonds. The van der Waals surface area contributed by atoms with Gasteiger partial charge in [0.2, 0.25) is 0 Å². The van der Waals surface area contributed by atoms with Gasteiger partial charge in [0.05, 0.1) is 11.8 Å². The lowest BCUT2D eigenvalue weighted by atomic mass is 9.79. The van der Waals surface area contributed by atoms with Crippen LogP contribution in [0.3, 0.4) is 0 Å². The fourth-order valence-electron chi connectivity index (χ4n) is 2.46. The Morgan fingerprint density at radius 3 is 2.88 bits per heavy atom. The summed E-state index contributed by atoms with van der Waals surface area (Å²) in [5.41, 5.74) is 2.39. The Morgan fingerprint density at radius 1 is 1.69 bits per heavy atom. The highest BCUT2D eigenvalue weighted by molar-refractivity contribution is 6.18. The predicted molar refractivity (Wildman–Crippen MR) is 64.8 cm³/mol. The van der Waals surface area contributed by atoms with E-state index in [1.54, 1.807) is 0 Å². The van der Waals surface area contributed by atoms with Crippen LogP contribution in [0, 0.1) is 12.3 Å². The number of aryl methyl sites for hydroxylation is 2. The van der Waals surface area contributed by atoms with Crippen molar-refractivity contribution in [3.05, 3.63) is 17.5 Å². The fourth-order valence-corrected chi connectivity index (χ4v) is 2.91. The molecule has 0 saturated carbocycles. The van der Waals surface area contributed by atoms with Crippen molar-refractivity contribution in [2.75, 3.05) is 12.5 Å². The van der Waals surface area contributed by atoms with Crippen molar-refractivity contribution in [1.82, 2.24) is 9.78 Å². The fraction of sp³-hybridized carbons (Fsp3) is 0.750. The normalized spacial score (nSPS) is 29.9. The lowest BCUT2D eigenvalue weighted by molar-refractivity contribution is 0.0727. The predicted octanol–water partition coefficient (Wildman–Crippen LogP) is 2.31. The van der Waals surface area contributed by atoms with E-state index in [0.29, 0.717) is 5.88 Å². The van der Waals surface area contributed by atoms with Crippen LogP contribution in [0.4, 0.5) is 0 Å². The summed E-state index contributed by atoms with van der Waals surface area (Å²) in [5.74, 6) is 0.651. The number of alkyl halides is 1. The van der Waals surface area contributed by atoms with Crippen molar-refractivity contribution in [2.24, 2.45) is 12.5 Å². The smallest absolute Gasteiger partial charge is 0.0619 e. The lowest BCUT2D eigenvalue weighted by Crippen LogP contribution is -2.33. The number of rotatable bonds is 3. The molecule has 3 nitrogen and oxygen atoms in total. The summed E-state index contributed by atoms with van der Waals surface area (Å²) in [5, 5.41) is 4.38. The van der Waals surface area contributed by atoms with E-state index in [-0.39, 0.29) is 11.5 Å². The number of hydrogen-bond donors (Lipinski definition) is 0. The topological polar surface area (TPSA) is 27.1 Å². The Morgan fingerprint density at radius 2 is 2.44 bits per heavy atom. The molecule has 1 aliphatic heterocycles. The van der Waals surface area contributed by atoms with Crippen molar-refractivity contribution in [3.63, 3.8) is 0 Å². The third kappa shape index (κ3) is 1.98. The first-order chi connectivity index (χ1) is 7.57. The number of halogens is 1. The van der Waals surface area contributed by atoms with Gasteiger partial charge in [-0.1, -0.05) is 0 Å². The highest BCUT2D eigenvalue weighted by Crippen LogP contribution is 2.39. The van der Waals surface area contributed by atoms with E-state index >= 15 is 0 Å². The molecule has 4 heteroatoms. The van der Waals surface area contributed by atoms with Crippen LogP contribution in [0.5, 0.6) is 0 Å². The number of ether oxygens (including phenoxy) is 1. The minimum absolute atomic E-state index is 0.0851. The molecule has 0 bridgehead atoms. The SMILES string of the molecule is Cc1cc(CC2(CCl)CCOC2C)n(C)n1. The van der Waals surface area contributed by atoms with Crippen LogP contribution in [-0.4, -0.2) is 28.4 Å². The van der Waals surface area contributed by atoms with E-state index in [1.807, 2.05) is 18.7 Å². The maximum absolute atomic E-state index is 6.16. The standard InChI is InChI=1S/C12H19ClN2O/c1-9-6-11(15(3)14-9)7-12(8-13)4-5-16-10(12)2/h6,10H,4-5,7-8H2,1-3H3. The van der Waals surface area contributed by atoms with E-state index in [9.17, 15) is 0 Å². The second kappa shape index (κ2) is 4.38. The zero-order valence-corrected chi connectivity index (χ0v) is 10.9. The Labute approximate surface area is 102 Å². The average Bonchev–Trinajstić information content (AvgIpc) is 2.73. The molecular weight excluding hydrogens is 224 g/mol. The molecule has 2 heterocycles. The average molecular weight is 243 g/mol. The van der Waals surface area contributed by atoms with Gasteiger partial charge in [-0.3, -0.25) is 4.68 Å². The summed E-state index contributed by atoms with van der Waals surface area (Å²) in [6.45, 7) is 4.97. The molecule has 1 aromatic heterocycles. The largest absolute Gasteiger partial charge is 0.378 e. The minimum Gasteiger partial charge on any atom is -0.378 e. The molecule has 0 radical (unpaired) electrons. The zero-order valence-electron chi connectivity index (χ0n) is 10.2. The van der Waals surface area contributed by atoms with Gasteiger partial charge in [-0.05, 0) is 32.8 Å². The molecule has 1 aliphatic rings. The molecule has 1 saturated heterocycles. The van der Waals surface area contributed by atoms with Gasteiger partial charge in [0.1, 0.15) is 0 Å². The van der Waals surface area contributed by atoms with E-state index in [0.717, 1.165) is 25.1 Å².